The van der Waals surface area contributed by atoms with Gasteiger partial charge in [0.05, 0.1) is 0 Å². The van der Waals surface area contributed by atoms with Gasteiger partial charge in [0.15, 0.2) is 0 Å². The number of fused-ring (bicyclic) bond motifs is 1. The highest BCUT2D eigenvalue weighted by Crippen LogP contribution is 2.47. The van der Waals surface area contributed by atoms with Crippen molar-refractivity contribution in [3.63, 3.8) is 0 Å². The van der Waals surface area contributed by atoms with E-state index in [1.54, 1.807) is 0 Å². The van der Waals surface area contributed by atoms with Gasteiger partial charge in [0.1, 0.15) is 0 Å². The molecule has 2 aliphatic rings. The van der Waals surface area contributed by atoms with Gasteiger partial charge in [-0.3, -0.25) is 4.98 Å². The fraction of sp³-hybridized carbons (Fsp3) is 0.706. The van der Waals surface area contributed by atoms with E-state index < -0.39 is 0 Å². The minimum Gasteiger partial charge on any atom is -0.313 e. The summed E-state index contributed by atoms with van der Waals surface area (Å²) in [4.78, 5) is 4.72. The molecule has 4 unspecified atom stereocenters. The zero-order valence-electron chi connectivity index (χ0n) is 12.2. The predicted molar refractivity (Wildman–Crippen MR) is 79.3 cm³/mol. The van der Waals surface area contributed by atoms with Crippen LogP contribution in [0.5, 0.6) is 0 Å². The maximum Gasteiger partial charge on any atom is 0.0482 e. The Labute approximate surface area is 117 Å². The lowest BCUT2D eigenvalue weighted by Gasteiger charge is -2.32. The first-order chi connectivity index (χ1) is 9.31. The van der Waals surface area contributed by atoms with Gasteiger partial charge in [0.2, 0.25) is 0 Å². The first kappa shape index (κ1) is 13.1. The standard InChI is InChI=1S/C17H26N2/c1-3-9-18-17(15-11-12(15)2)14-8-4-6-13-7-5-10-19-16(13)14/h5,7,10,12,14-15,17-18H,3-4,6,8-9,11H2,1-2H3. The molecule has 1 saturated carbocycles. The van der Waals surface area contributed by atoms with Crippen LogP contribution in [0.1, 0.15) is 56.7 Å². The second kappa shape index (κ2) is 5.62. The quantitative estimate of drug-likeness (QED) is 0.874. The average Bonchev–Trinajstić information content (AvgIpc) is 3.16. The van der Waals surface area contributed by atoms with Crippen LogP contribution in [-0.4, -0.2) is 17.6 Å². The summed E-state index contributed by atoms with van der Waals surface area (Å²) in [5, 5.41) is 3.83. The molecule has 19 heavy (non-hydrogen) atoms. The summed E-state index contributed by atoms with van der Waals surface area (Å²) in [6.45, 7) is 5.80. The molecule has 2 aliphatic carbocycles. The molecular formula is C17H26N2. The average molecular weight is 258 g/mol. The zero-order chi connectivity index (χ0) is 13.2. The van der Waals surface area contributed by atoms with Crippen LogP contribution in [0.3, 0.4) is 0 Å². The van der Waals surface area contributed by atoms with Gasteiger partial charge in [-0.05, 0) is 62.1 Å². The van der Waals surface area contributed by atoms with Crippen LogP contribution in [0.25, 0.3) is 0 Å². The van der Waals surface area contributed by atoms with Crippen LogP contribution in [0, 0.1) is 11.8 Å². The molecule has 0 aromatic carbocycles. The Kier molecular flexibility index (Phi) is 3.88. The molecule has 1 heterocycles. The molecule has 1 aromatic heterocycles. The maximum atomic E-state index is 4.72. The maximum absolute atomic E-state index is 4.72. The predicted octanol–water partition coefficient (Wildman–Crippen LogP) is 3.53. The molecule has 0 radical (unpaired) electrons. The highest BCUT2D eigenvalue weighted by Gasteiger charge is 2.44. The van der Waals surface area contributed by atoms with Crippen LogP contribution < -0.4 is 5.32 Å². The molecule has 4 atom stereocenters. The normalized spacial score (nSPS) is 30.7. The Morgan fingerprint density at radius 1 is 1.47 bits per heavy atom. The van der Waals surface area contributed by atoms with Crippen LogP contribution in [0.2, 0.25) is 0 Å². The minimum atomic E-state index is 0.645. The van der Waals surface area contributed by atoms with E-state index in [1.165, 1.54) is 43.4 Å². The number of rotatable bonds is 5. The molecule has 0 aliphatic heterocycles. The van der Waals surface area contributed by atoms with E-state index in [-0.39, 0.29) is 0 Å². The summed E-state index contributed by atoms with van der Waals surface area (Å²) in [6, 6.07) is 5.03. The number of pyridine rings is 1. The summed E-state index contributed by atoms with van der Waals surface area (Å²) in [5.74, 6) is 2.43. The topological polar surface area (TPSA) is 24.9 Å². The van der Waals surface area contributed by atoms with E-state index in [2.05, 4.69) is 31.3 Å². The third kappa shape index (κ3) is 2.69. The Morgan fingerprint density at radius 3 is 3.05 bits per heavy atom. The zero-order valence-corrected chi connectivity index (χ0v) is 12.2. The summed E-state index contributed by atoms with van der Waals surface area (Å²) in [5.41, 5.74) is 2.89. The SMILES string of the molecule is CCCNC(C1CCCc2cccnc21)C1CC1C. The lowest BCUT2D eigenvalue weighted by Crippen LogP contribution is -2.39. The van der Waals surface area contributed by atoms with Crippen LogP contribution in [0.4, 0.5) is 0 Å². The Hall–Kier alpha value is -0.890. The van der Waals surface area contributed by atoms with Crippen LogP contribution in [-0.2, 0) is 6.42 Å². The van der Waals surface area contributed by atoms with E-state index in [9.17, 15) is 0 Å². The van der Waals surface area contributed by atoms with Crippen LogP contribution >= 0.6 is 0 Å². The second-order valence-electron chi connectivity index (χ2n) is 6.40. The number of nitrogens with one attached hydrogen (secondary N) is 1. The summed E-state index contributed by atoms with van der Waals surface area (Å²) in [6.07, 6.45) is 8.47. The lowest BCUT2D eigenvalue weighted by molar-refractivity contribution is 0.343. The lowest BCUT2D eigenvalue weighted by atomic mass is 9.80. The number of hydrogen-bond donors (Lipinski definition) is 1. The Morgan fingerprint density at radius 2 is 2.32 bits per heavy atom. The van der Waals surface area contributed by atoms with Crippen molar-refractivity contribution in [2.45, 2.75) is 57.9 Å². The first-order valence-corrected chi connectivity index (χ1v) is 7.98. The van der Waals surface area contributed by atoms with Gasteiger partial charge >= 0.3 is 0 Å². The molecule has 1 aromatic rings. The third-order valence-corrected chi connectivity index (χ3v) is 4.94. The van der Waals surface area contributed by atoms with Gasteiger partial charge < -0.3 is 5.32 Å². The fourth-order valence-electron chi connectivity index (χ4n) is 3.75. The van der Waals surface area contributed by atoms with E-state index in [0.29, 0.717) is 12.0 Å². The van der Waals surface area contributed by atoms with Gasteiger partial charge in [-0.25, -0.2) is 0 Å². The van der Waals surface area contributed by atoms with Gasteiger partial charge in [-0.15, -0.1) is 0 Å². The molecule has 2 heteroatoms. The number of hydrogen-bond acceptors (Lipinski definition) is 2. The molecule has 2 nitrogen and oxygen atoms in total. The molecule has 0 amide bonds. The van der Waals surface area contributed by atoms with E-state index >= 15 is 0 Å². The summed E-state index contributed by atoms with van der Waals surface area (Å²) in [7, 11) is 0. The molecule has 1 N–H and O–H groups in total. The Bertz CT molecular complexity index is 429. The van der Waals surface area contributed by atoms with Gasteiger partial charge in [0, 0.05) is 23.9 Å². The van der Waals surface area contributed by atoms with Crippen molar-refractivity contribution in [1.82, 2.24) is 10.3 Å². The van der Waals surface area contributed by atoms with Crippen molar-refractivity contribution >= 4 is 0 Å². The number of nitrogens with zero attached hydrogens (tertiary/aromatic N) is 1. The van der Waals surface area contributed by atoms with Crippen molar-refractivity contribution in [3.05, 3.63) is 29.6 Å². The van der Waals surface area contributed by atoms with Crippen molar-refractivity contribution in [3.8, 4) is 0 Å². The highest BCUT2D eigenvalue weighted by atomic mass is 14.9. The van der Waals surface area contributed by atoms with Crippen LogP contribution in [0.15, 0.2) is 18.3 Å². The highest BCUT2D eigenvalue weighted by molar-refractivity contribution is 5.28. The number of aromatic nitrogens is 1. The molecule has 3 rings (SSSR count). The third-order valence-electron chi connectivity index (χ3n) is 4.94. The van der Waals surface area contributed by atoms with E-state index in [1.807, 2.05) is 6.20 Å². The molecule has 0 bridgehead atoms. The molecule has 0 spiro atoms. The molecule has 0 saturated heterocycles. The van der Waals surface area contributed by atoms with Crippen molar-refractivity contribution in [1.29, 1.82) is 0 Å². The Balaban J connectivity index is 1.82. The smallest absolute Gasteiger partial charge is 0.0482 e. The van der Waals surface area contributed by atoms with Crippen molar-refractivity contribution in [2.24, 2.45) is 11.8 Å². The minimum absolute atomic E-state index is 0.645. The molecule has 104 valence electrons. The monoisotopic (exact) mass is 258 g/mol. The second-order valence-corrected chi connectivity index (χ2v) is 6.40. The van der Waals surface area contributed by atoms with Crippen molar-refractivity contribution < 1.29 is 0 Å². The molecular weight excluding hydrogens is 232 g/mol. The van der Waals surface area contributed by atoms with E-state index in [4.69, 9.17) is 4.98 Å². The van der Waals surface area contributed by atoms with Crippen molar-refractivity contribution in [2.75, 3.05) is 6.54 Å². The summed E-state index contributed by atoms with van der Waals surface area (Å²) < 4.78 is 0. The largest absolute Gasteiger partial charge is 0.313 e. The van der Waals surface area contributed by atoms with Gasteiger partial charge in [-0.1, -0.05) is 19.9 Å². The summed E-state index contributed by atoms with van der Waals surface area (Å²) >= 11 is 0. The molecule has 1 fully saturated rings. The van der Waals surface area contributed by atoms with E-state index in [0.717, 1.165) is 18.4 Å². The number of aryl methyl sites for hydroxylation is 1. The van der Waals surface area contributed by atoms with Gasteiger partial charge in [-0.2, -0.15) is 0 Å². The van der Waals surface area contributed by atoms with Gasteiger partial charge in [0.25, 0.3) is 0 Å². The fourth-order valence-corrected chi connectivity index (χ4v) is 3.75. The first-order valence-electron chi connectivity index (χ1n) is 7.98.